The van der Waals surface area contributed by atoms with E-state index in [1.807, 2.05) is 42.5 Å². The standard InChI is InChI=1S/C27H22BrClF3NO2/c1-34-24-12-16(11-22(28)26(24)35-14-15-5-8-18(29)9-6-15)25-20-4-2-3-19(20)21-13-17(27(30,31)32)7-10-23(21)33-25/h2-3,5-13,19-20,25,33H,4,14H2,1H3/t19-,20-,25+/m1/s1. The highest BCUT2D eigenvalue weighted by molar-refractivity contribution is 9.10. The average Bonchev–Trinajstić information content (AvgIpc) is 3.33. The number of anilines is 1. The lowest BCUT2D eigenvalue weighted by atomic mass is 9.76. The summed E-state index contributed by atoms with van der Waals surface area (Å²) in [6.45, 7) is 0.344. The van der Waals surface area contributed by atoms with Gasteiger partial charge in [0.15, 0.2) is 11.5 Å². The number of benzene rings is 3. The third-order valence-corrected chi connectivity index (χ3v) is 7.44. The number of alkyl halides is 3. The molecule has 1 heterocycles. The van der Waals surface area contributed by atoms with Crippen molar-refractivity contribution in [1.29, 1.82) is 0 Å². The average molecular weight is 565 g/mol. The van der Waals surface area contributed by atoms with Crippen molar-refractivity contribution in [2.45, 2.75) is 31.2 Å². The minimum atomic E-state index is -4.37. The molecule has 0 aromatic heterocycles. The minimum Gasteiger partial charge on any atom is -0.493 e. The number of fused-ring (bicyclic) bond motifs is 3. The fraction of sp³-hybridized carbons (Fsp3) is 0.259. The number of rotatable bonds is 5. The first-order valence-electron chi connectivity index (χ1n) is 11.1. The van der Waals surface area contributed by atoms with E-state index in [4.69, 9.17) is 21.1 Å². The summed E-state index contributed by atoms with van der Waals surface area (Å²) >= 11 is 9.59. The van der Waals surface area contributed by atoms with Crippen LogP contribution < -0.4 is 14.8 Å². The summed E-state index contributed by atoms with van der Waals surface area (Å²) in [6, 6.07) is 15.2. The van der Waals surface area contributed by atoms with Gasteiger partial charge >= 0.3 is 6.18 Å². The zero-order valence-electron chi connectivity index (χ0n) is 18.7. The monoisotopic (exact) mass is 563 g/mol. The van der Waals surface area contributed by atoms with Crippen molar-refractivity contribution >= 4 is 33.2 Å². The highest BCUT2D eigenvalue weighted by Crippen LogP contribution is 2.52. The molecule has 0 spiro atoms. The molecular formula is C27H22BrClF3NO2. The number of halogens is 5. The van der Waals surface area contributed by atoms with E-state index in [-0.39, 0.29) is 17.9 Å². The Morgan fingerprint density at radius 3 is 2.57 bits per heavy atom. The van der Waals surface area contributed by atoms with Crippen LogP contribution in [0, 0.1) is 5.92 Å². The second-order valence-electron chi connectivity index (χ2n) is 8.72. The van der Waals surface area contributed by atoms with Crippen LogP contribution in [-0.2, 0) is 12.8 Å². The molecule has 3 aromatic rings. The number of ether oxygens (including phenoxy) is 2. The van der Waals surface area contributed by atoms with E-state index in [1.54, 1.807) is 7.11 Å². The molecule has 0 amide bonds. The summed E-state index contributed by atoms with van der Waals surface area (Å²) in [5.41, 5.74) is 2.72. The molecule has 0 saturated carbocycles. The molecule has 0 bridgehead atoms. The number of methoxy groups -OCH3 is 1. The van der Waals surface area contributed by atoms with Crippen LogP contribution in [0.2, 0.25) is 5.02 Å². The van der Waals surface area contributed by atoms with E-state index in [9.17, 15) is 13.2 Å². The van der Waals surface area contributed by atoms with E-state index in [0.717, 1.165) is 28.1 Å². The van der Waals surface area contributed by atoms with Gasteiger partial charge in [0.25, 0.3) is 0 Å². The molecule has 1 aliphatic carbocycles. The zero-order valence-corrected chi connectivity index (χ0v) is 21.0. The minimum absolute atomic E-state index is 0.0865. The Morgan fingerprint density at radius 2 is 1.86 bits per heavy atom. The second-order valence-corrected chi connectivity index (χ2v) is 10.0. The van der Waals surface area contributed by atoms with Gasteiger partial charge in [-0.3, -0.25) is 0 Å². The fourth-order valence-corrected chi connectivity index (χ4v) is 5.60. The predicted molar refractivity (Wildman–Crippen MR) is 134 cm³/mol. The molecule has 182 valence electrons. The molecule has 3 aromatic carbocycles. The topological polar surface area (TPSA) is 30.5 Å². The Morgan fingerprint density at radius 1 is 1.09 bits per heavy atom. The van der Waals surface area contributed by atoms with Gasteiger partial charge in [0.05, 0.1) is 23.2 Å². The van der Waals surface area contributed by atoms with Gasteiger partial charge < -0.3 is 14.8 Å². The summed E-state index contributed by atoms with van der Waals surface area (Å²) in [7, 11) is 1.59. The van der Waals surface area contributed by atoms with Crippen molar-refractivity contribution in [3.63, 3.8) is 0 Å². The van der Waals surface area contributed by atoms with Gasteiger partial charge in [-0.25, -0.2) is 0 Å². The summed E-state index contributed by atoms with van der Waals surface area (Å²) in [4.78, 5) is 0. The van der Waals surface area contributed by atoms with E-state index < -0.39 is 11.7 Å². The molecule has 5 rings (SSSR count). The van der Waals surface area contributed by atoms with Crippen molar-refractivity contribution in [3.8, 4) is 11.5 Å². The van der Waals surface area contributed by atoms with Gasteiger partial charge in [-0.2, -0.15) is 13.2 Å². The van der Waals surface area contributed by atoms with Crippen LogP contribution >= 0.6 is 27.5 Å². The van der Waals surface area contributed by atoms with Crippen LogP contribution in [0.25, 0.3) is 0 Å². The van der Waals surface area contributed by atoms with Crippen molar-refractivity contribution in [2.75, 3.05) is 12.4 Å². The predicted octanol–water partition coefficient (Wildman–Crippen LogP) is 8.54. The second kappa shape index (κ2) is 9.43. The number of hydrogen-bond donors (Lipinski definition) is 1. The van der Waals surface area contributed by atoms with Crippen LogP contribution in [0.4, 0.5) is 18.9 Å². The Balaban J connectivity index is 1.45. The first kappa shape index (κ1) is 24.1. The van der Waals surface area contributed by atoms with Crippen LogP contribution in [0.1, 0.15) is 40.6 Å². The molecule has 3 nitrogen and oxygen atoms in total. The van der Waals surface area contributed by atoms with Crippen molar-refractivity contribution in [2.24, 2.45) is 5.92 Å². The quantitative estimate of drug-likeness (QED) is 0.315. The van der Waals surface area contributed by atoms with Gasteiger partial charge in [0, 0.05) is 16.6 Å². The van der Waals surface area contributed by atoms with Gasteiger partial charge in [-0.15, -0.1) is 0 Å². The highest BCUT2D eigenvalue weighted by atomic mass is 79.9. The van der Waals surface area contributed by atoms with Crippen molar-refractivity contribution in [1.82, 2.24) is 0 Å². The summed E-state index contributed by atoms with van der Waals surface area (Å²) in [5, 5.41) is 4.15. The van der Waals surface area contributed by atoms with Crippen LogP contribution in [0.3, 0.4) is 0 Å². The van der Waals surface area contributed by atoms with E-state index in [2.05, 4.69) is 27.3 Å². The molecule has 1 aliphatic heterocycles. The zero-order chi connectivity index (χ0) is 24.7. The molecule has 0 fully saturated rings. The van der Waals surface area contributed by atoms with E-state index >= 15 is 0 Å². The molecule has 3 atom stereocenters. The fourth-order valence-electron chi connectivity index (χ4n) is 4.90. The Bertz CT molecular complexity index is 1280. The SMILES string of the molecule is COc1cc([C@@H]2Nc3ccc(C(F)(F)F)cc3[C@@H]3C=CC[C@H]32)cc(Br)c1OCc1ccc(Cl)cc1. The maximum Gasteiger partial charge on any atom is 0.416 e. The van der Waals surface area contributed by atoms with Crippen molar-refractivity contribution < 1.29 is 22.6 Å². The third-order valence-electron chi connectivity index (χ3n) is 6.60. The first-order chi connectivity index (χ1) is 16.7. The molecule has 0 unspecified atom stereocenters. The number of allylic oxidation sites excluding steroid dienone is 2. The maximum atomic E-state index is 13.3. The van der Waals surface area contributed by atoms with Crippen LogP contribution in [0.15, 0.2) is 71.2 Å². The number of nitrogens with one attached hydrogen (secondary N) is 1. The van der Waals surface area contributed by atoms with Gasteiger partial charge in [0.2, 0.25) is 0 Å². The lowest BCUT2D eigenvalue weighted by Gasteiger charge is -2.38. The molecular weight excluding hydrogens is 543 g/mol. The smallest absolute Gasteiger partial charge is 0.416 e. The molecule has 35 heavy (non-hydrogen) atoms. The summed E-state index contributed by atoms with van der Waals surface area (Å²) in [6.07, 6.45) is 0.471. The van der Waals surface area contributed by atoms with Gasteiger partial charge in [0.1, 0.15) is 6.61 Å². The normalized spacial score (nSPS) is 20.7. The Hall–Kier alpha value is -2.64. The molecule has 2 aliphatic rings. The third kappa shape index (κ3) is 4.76. The molecule has 0 saturated heterocycles. The Kier molecular flexibility index (Phi) is 6.49. The van der Waals surface area contributed by atoms with E-state index in [0.29, 0.717) is 34.4 Å². The van der Waals surface area contributed by atoms with Crippen LogP contribution in [0.5, 0.6) is 11.5 Å². The largest absolute Gasteiger partial charge is 0.493 e. The highest BCUT2D eigenvalue weighted by Gasteiger charge is 2.40. The summed E-state index contributed by atoms with van der Waals surface area (Å²) < 4.78 is 52.4. The maximum absolute atomic E-state index is 13.3. The van der Waals surface area contributed by atoms with Crippen LogP contribution in [-0.4, -0.2) is 7.11 Å². The van der Waals surface area contributed by atoms with Crippen molar-refractivity contribution in [3.05, 3.63) is 98.5 Å². The van der Waals surface area contributed by atoms with Gasteiger partial charge in [-0.1, -0.05) is 35.9 Å². The Labute approximate surface area is 215 Å². The lowest BCUT2D eigenvalue weighted by molar-refractivity contribution is -0.137. The molecule has 8 heteroatoms. The first-order valence-corrected chi connectivity index (χ1v) is 12.3. The van der Waals surface area contributed by atoms with Gasteiger partial charge in [-0.05, 0) is 87.4 Å². The van der Waals surface area contributed by atoms with E-state index in [1.165, 1.54) is 12.1 Å². The summed E-state index contributed by atoms with van der Waals surface area (Å²) in [5.74, 6) is 1.15. The molecule has 0 radical (unpaired) electrons. The lowest BCUT2D eigenvalue weighted by Crippen LogP contribution is -2.29. The number of hydrogen-bond acceptors (Lipinski definition) is 3. The molecule has 1 N–H and O–H groups in total.